The Morgan fingerprint density at radius 1 is 1.37 bits per heavy atom. The average Bonchev–Trinajstić information content (AvgIpc) is 2.96. The van der Waals surface area contributed by atoms with Gasteiger partial charge in [0.15, 0.2) is 0 Å². The molecule has 2 heterocycles. The standard InChI is InChI=1S/C12H16N6O/c13-17-11-2-4-14-8-10(11)12(19)16-3-1-6-18-7-5-15-9-18/h2,4-5,7-9H,1,3,6,13H2,(H,14,17)(H,16,19). The third-order valence-electron chi connectivity index (χ3n) is 2.66. The second-order valence-electron chi connectivity index (χ2n) is 3.98. The SMILES string of the molecule is NNc1ccncc1C(=O)NCCCn1ccnc1. The molecular formula is C12H16N6O. The molecule has 0 aliphatic rings. The van der Waals surface area contributed by atoms with Crippen LogP contribution in [0.2, 0.25) is 0 Å². The zero-order chi connectivity index (χ0) is 13.5. The number of nitrogens with one attached hydrogen (secondary N) is 2. The van der Waals surface area contributed by atoms with Crippen molar-refractivity contribution in [2.45, 2.75) is 13.0 Å². The molecule has 2 aromatic heterocycles. The summed E-state index contributed by atoms with van der Waals surface area (Å²) in [5.41, 5.74) is 3.47. The number of nitrogens with two attached hydrogens (primary N) is 1. The minimum atomic E-state index is -0.188. The van der Waals surface area contributed by atoms with Gasteiger partial charge < -0.3 is 15.3 Å². The summed E-state index contributed by atoms with van der Waals surface area (Å²) in [4.78, 5) is 19.8. The number of hydrogen-bond donors (Lipinski definition) is 3. The van der Waals surface area contributed by atoms with Gasteiger partial charge in [-0.3, -0.25) is 15.6 Å². The van der Waals surface area contributed by atoms with Crippen molar-refractivity contribution >= 4 is 11.6 Å². The van der Waals surface area contributed by atoms with Crippen molar-refractivity contribution in [2.24, 2.45) is 5.84 Å². The van der Waals surface area contributed by atoms with Crippen LogP contribution in [0.25, 0.3) is 0 Å². The molecule has 0 saturated heterocycles. The van der Waals surface area contributed by atoms with E-state index in [1.165, 1.54) is 6.20 Å². The Kier molecular flexibility index (Phi) is 4.46. The Morgan fingerprint density at radius 3 is 3.00 bits per heavy atom. The van der Waals surface area contributed by atoms with Gasteiger partial charge in [-0.15, -0.1) is 0 Å². The van der Waals surface area contributed by atoms with Crippen molar-refractivity contribution in [2.75, 3.05) is 12.0 Å². The van der Waals surface area contributed by atoms with Gasteiger partial charge in [0.1, 0.15) is 0 Å². The predicted molar refractivity (Wildman–Crippen MR) is 71.2 cm³/mol. The fraction of sp³-hybridized carbons (Fsp3) is 0.250. The summed E-state index contributed by atoms with van der Waals surface area (Å²) in [5, 5.41) is 2.83. The number of amides is 1. The van der Waals surface area contributed by atoms with Gasteiger partial charge in [-0.05, 0) is 12.5 Å². The van der Waals surface area contributed by atoms with E-state index in [2.05, 4.69) is 20.7 Å². The van der Waals surface area contributed by atoms with Crippen molar-refractivity contribution in [3.05, 3.63) is 42.7 Å². The molecule has 1 amide bonds. The van der Waals surface area contributed by atoms with Crippen LogP contribution in [-0.4, -0.2) is 27.0 Å². The van der Waals surface area contributed by atoms with Crippen LogP contribution in [0.3, 0.4) is 0 Å². The topological polar surface area (TPSA) is 97.9 Å². The highest BCUT2D eigenvalue weighted by Gasteiger charge is 2.09. The number of aromatic nitrogens is 3. The number of aryl methyl sites for hydroxylation is 1. The maximum Gasteiger partial charge on any atom is 0.255 e. The van der Waals surface area contributed by atoms with E-state index >= 15 is 0 Å². The van der Waals surface area contributed by atoms with E-state index in [9.17, 15) is 4.79 Å². The molecule has 19 heavy (non-hydrogen) atoms. The lowest BCUT2D eigenvalue weighted by molar-refractivity contribution is 0.0953. The molecule has 0 atom stereocenters. The van der Waals surface area contributed by atoms with Crippen molar-refractivity contribution < 1.29 is 4.79 Å². The van der Waals surface area contributed by atoms with Gasteiger partial charge in [0, 0.05) is 37.9 Å². The quantitative estimate of drug-likeness (QED) is 0.396. The number of hydrazine groups is 1. The van der Waals surface area contributed by atoms with Crippen LogP contribution in [0, 0.1) is 0 Å². The largest absolute Gasteiger partial charge is 0.352 e. The number of pyridine rings is 1. The molecule has 0 fully saturated rings. The minimum absolute atomic E-state index is 0.188. The molecule has 0 aromatic carbocycles. The summed E-state index contributed by atoms with van der Waals surface area (Å²) in [7, 11) is 0. The third kappa shape index (κ3) is 3.52. The molecule has 0 radical (unpaired) electrons. The normalized spacial score (nSPS) is 10.2. The number of imidazole rings is 1. The highest BCUT2D eigenvalue weighted by atomic mass is 16.1. The molecular weight excluding hydrogens is 244 g/mol. The van der Waals surface area contributed by atoms with Crippen LogP contribution >= 0.6 is 0 Å². The summed E-state index contributed by atoms with van der Waals surface area (Å²) >= 11 is 0. The van der Waals surface area contributed by atoms with Crippen molar-refractivity contribution in [1.29, 1.82) is 0 Å². The summed E-state index contributed by atoms with van der Waals surface area (Å²) in [6.07, 6.45) is 9.26. The van der Waals surface area contributed by atoms with Crippen LogP contribution in [0.5, 0.6) is 0 Å². The van der Waals surface area contributed by atoms with E-state index in [1.54, 1.807) is 24.8 Å². The van der Waals surface area contributed by atoms with Crippen LogP contribution in [0.15, 0.2) is 37.2 Å². The van der Waals surface area contributed by atoms with Crippen LogP contribution in [0.4, 0.5) is 5.69 Å². The summed E-state index contributed by atoms with van der Waals surface area (Å²) in [6, 6.07) is 1.65. The van der Waals surface area contributed by atoms with E-state index in [1.807, 2.05) is 10.8 Å². The van der Waals surface area contributed by atoms with Crippen molar-refractivity contribution in [3.63, 3.8) is 0 Å². The first-order chi connectivity index (χ1) is 9.31. The van der Waals surface area contributed by atoms with Gasteiger partial charge in [0.2, 0.25) is 0 Å². The molecule has 2 rings (SSSR count). The van der Waals surface area contributed by atoms with Gasteiger partial charge in [0.25, 0.3) is 5.91 Å². The number of nitrogens with zero attached hydrogens (tertiary/aromatic N) is 3. The fourth-order valence-corrected chi connectivity index (χ4v) is 1.68. The Bertz CT molecular complexity index is 525. The lowest BCUT2D eigenvalue weighted by Gasteiger charge is -2.09. The number of carbonyl (C=O) groups excluding carboxylic acids is 1. The van der Waals surface area contributed by atoms with E-state index in [0.29, 0.717) is 17.8 Å². The first-order valence-electron chi connectivity index (χ1n) is 5.96. The van der Waals surface area contributed by atoms with Gasteiger partial charge in [-0.25, -0.2) is 4.98 Å². The smallest absolute Gasteiger partial charge is 0.255 e. The van der Waals surface area contributed by atoms with Crippen molar-refractivity contribution in [1.82, 2.24) is 19.9 Å². The molecule has 0 spiro atoms. The highest BCUT2D eigenvalue weighted by Crippen LogP contribution is 2.11. The number of carbonyl (C=O) groups is 1. The summed E-state index contributed by atoms with van der Waals surface area (Å²) in [6.45, 7) is 1.39. The van der Waals surface area contributed by atoms with Gasteiger partial charge in [-0.1, -0.05) is 0 Å². The maximum atomic E-state index is 11.9. The van der Waals surface area contributed by atoms with E-state index < -0.39 is 0 Å². The van der Waals surface area contributed by atoms with Crippen LogP contribution in [0.1, 0.15) is 16.8 Å². The molecule has 0 bridgehead atoms. The van der Waals surface area contributed by atoms with Crippen LogP contribution < -0.4 is 16.6 Å². The van der Waals surface area contributed by atoms with Gasteiger partial charge in [-0.2, -0.15) is 0 Å². The van der Waals surface area contributed by atoms with Crippen molar-refractivity contribution in [3.8, 4) is 0 Å². The zero-order valence-corrected chi connectivity index (χ0v) is 10.4. The third-order valence-corrected chi connectivity index (χ3v) is 2.66. The Labute approximate surface area is 110 Å². The molecule has 7 nitrogen and oxygen atoms in total. The number of nitrogen functional groups attached to an aromatic ring is 1. The fourth-order valence-electron chi connectivity index (χ4n) is 1.68. The average molecular weight is 260 g/mol. The minimum Gasteiger partial charge on any atom is -0.352 e. The molecule has 0 aliphatic carbocycles. The Balaban J connectivity index is 1.81. The monoisotopic (exact) mass is 260 g/mol. The lowest BCUT2D eigenvalue weighted by atomic mass is 10.2. The second kappa shape index (κ2) is 6.50. The van der Waals surface area contributed by atoms with E-state index in [0.717, 1.165) is 13.0 Å². The maximum absolute atomic E-state index is 11.9. The number of rotatable bonds is 6. The summed E-state index contributed by atoms with van der Waals surface area (Å²) in [5.74, 6) is 5.15. The lowest BCUT2D eigenvalue weighted by Crippen LogP contribution is -2.26. The van der Waals surface area contributed by atoms with E-state index in [-0.39, 0.29) is 5.91 Å². The van der Waals surface area contributed by atoms with E-state index in [4.69, 9.17) is 5.84 Å². The molecule has 100 valence electrons. The summed E-state index contributed by atoms with van der Waals surface area (Å²) < 4.78 is 1.96. The van der Waals surface area contributed by atoms with Gasteiger partial charge >= 0.3 is 0 Å². The predicted octanol–water partition coefficient (Wildman–Crippen LogP) is 0.384. The highest BCUT2D eigenvalue weighted by molar-refractivity contribution is 5.99. The molecule has 2 aromatic rings. The van der Waals surface area contributed by atoms with Crippen LogP contribution in [-0.2, 0) is 6.54 Å². The zero-order valence-electron chi connectivity index (χ0n) is 10.4. The molecule has 0 saturated carbocycles. The first-order valence-corrected chi connectivity index (χ1v) is 5.96. The Morgan fingerprint density at radius 2 is 2.26 bits per heavy atom. The number of anilines is 1. The molecule has 0 aliphatic heterocycles. The molecule has 0 unspecified atom stereocenters. The number of hydrogen-bond acceptors (Lipinski definition) is 5. The Hall–Kier alpha value is -2.41. The van der Waals surface area contributed by atoms with Gasteiger partial charge in [0.05, 0.1) is 17.6 Å². The molecule has 4 N–H and O–H groups in total. The first kappa shape index (κ1) is 13.0. The molecule has 7 heteroatoms. The second-order valence-corrected chi connectivity index (χ2v) is 3.98.